The van der Waals surface area contributed by atoms with Crippen LogP contribution in [0.15, 0.2) is 42.5 Å². The van der Waals surface area contributed by atoms with Gasteiger partial charge in [0.1, 0.15) is 17.2 Å². The predicted molar refractivity (Wildman–Crippen MR) is 86.7 cm³/mol. The van der Waals surface area contributed by atoms with Gasteiger partial charge in [0, 0.05) is 19.8 Å². The third-order valence-electron chi connectivity index (χ3n) is 2.72. The molecule has 0 aliphatic rings. The van der Waals surface area contributed by atoms with Crippen LogP contribution < -0.4 is 14.4 Å². The van der Waals surface area contributed by atoms with E-state index in [1.54, 1.807) is 0 Å². The van der Waals surface area contributed by atoms with Gasteiger partial charge in [-0.2, -0.15) is 0 Å². The Balaban J connectivity index is 2.11. The van der Waals surface area contributed by atoms with E-state index in [4.69, 9.17) is 4.74 Å². The van der Waals surface area contributed by atoms with Gasteiger partial charge >= 0.3 is 6.36 Å². The Morgan fingerprint density at radius 1 is 0.955 bits per heavy atom. The maximum atomic E-state index is 12.1. The SMILES string of the molecule is CN(C)c1ccc(Oc2ccc(OC(F)(F)F)cc2)c(I)c1. The van der Waals surface area contributed by atoms with Crippen molar-refractivity contribution in [3.8, 4) is 17.2 Å². The molecule has 0 unspecified atom stereocenters. The molecule has 0 spiro atoms. The summed E-state index contributed by atoms with van der Waals surface area (Å²) in [6.07, 6.45) is -4.69. The number of benzene rings is 2. The predicted octanol–water partition coefficient (Wildman–Crippen LogP) is 5.05. The lowest BCUT2D eigenvalue weighted by molar-refractivity contribution is -0.274. The van der Waals surface area contributed by atoms with Gasteiger partial charge in [-0.1, -0.05) is 0 Å². The highest BCUT2D eigenvalue weighted by molar-refractivity contribution is 14.1. The maximum absolute atomic E-state index is 12.1. The van der Waals surface area contributed by atoms with Gasteiger partial charge in [-0.15, -0.1) is 13.2 Å². The van der Waals surface area contributed by atoms with Crippen molar-refractivity contribution in [1.29, 1.82) is 0 Å². The van der Waals surface area contributed by atoms with Crippen LogP contribution in [0.25, 0.3) is 0 Å². The zero-order valence-corrected chi connectivity index (χ0v) is 14.0. The van der Waals surface area contributed by atoms with Crippen molar-refractivity contribution in [2.75, 3.05) is 19.0 Å². The van der Waals surface area contributed by atoms with Gasteiger partial charge in [0.05, 0.1) is 3.57 Å². The molecular formula is C15H13F3INO2. The fourth-order valence-electron chi connectivity index (χ4n) is 1.69. The molecule has 0 fully saturated rings. The zero-order chi connectivity index (χ0) is 16.3. The quantitative estimate of drug-likeness (QED) is 0.643. The first-order valence-electron chi connectivity index (χ1n) is 6.25. The summed E-state index contributed by atoms with van der Waals surface area (Å²) in [7, 11) is 3.87. The summed E-state index contributed by atoms with van der Waals surface area (Å²) in [4.78, 5) is 1.97. The maximum Gasteiger partial charge on any atom is 0.573 e. The Kier molecular flexibility index (Phi) is 5.05. The van der Waals surface area contributed by atoms with E-state index in [9.17, 15) is 13.2 Å². The van der Waals surface area contributed by atoms with Crippen LogP contribution in [0.2, 0.25) is 0 Å². The molecular weight excluding hydrogens is 410 g/mol. The Hall–Kier alpha value is -1.64. The number of nitrogens with zero attached hydrogens (tertiary/aromatic N) is 1. The molecule has 0 aromatic heterocycles. The van der Waals surface area contributed by atoms with Crippen molar-refractivity contribution < 1.29 is 22.6 Å². The topological polar surface area (TPSA) is 21.7 Å². The minimum atomic E-state index is -4.69. The van der Waals surface area contributed by atoms with Crippen LogP contribution >= 0.6 is 22.6 Å². The third kappa shape index (κ3) is 4.69. The molecule has 0 saturated carbocycles. The number of hydrogen-bond donors (Lipinski definition) is 0. The summed E-state index contributed by atoms with van der Waals surface area (Å²) in [5, 5.41) is 0. The van der Waals surface area contributed by atoms with Crippen molar-refractivity contribution in [2.24, 2.45) is 0 Å². The molecule has 3 nitrogen and oxygen atoms in total. The Labute approximate surface area is 139 Å². The van der Waals surface area contributed by atoms with Gasteiger partial charge in [0.15, 0.2) is 0 Å². The molecule has 0 N–H and O–H groups in total. The van der Waals surface area contributed by atoms with Gasteiger partial charge in [-0.05, 0) is 65.1 Å². The largest absolute Gasteiger partial charge is 0.573 e. The molecule has 2 rings (SSSR count). The summed E-state index contributed by atoms with van der Waals surface area (Å²) in [6.45, 7) is 0. The number of halogens is 4. The number of ether oxygens (including phenoxy) is 2. The molecule has 0 saturated heterocycles. The van der Waals surface area contributed by atoms with E-state index < -0.39 is 6.36 Å². The molecule has 0 heterocycles. The number of alkyl halides is 3. The van der Waals surface area contributed by atoms with E-state index in [2.05, 4.69) is 27.3 Å². The van der Waals surface area contributed by atoms with Crippen LogP contribution in [0.4, 0.5) is 18.9 Å². The monoisotopic (exact) mass is 423 g/mol. The second-order valence-corrected chi connectivity index (χ2v) is 5.79. The average molecular weight is 423 g/mol. The third-order valence-corrected chi connectivity index (χ3v) is 3.56. The van der Waals surface area contributed by atoms with Crippen molar-refractivity contribution in [2.45, 2.75) is 6.36 Å². The Morgan fingerprint density at radius 3 is 2.05 bits per heavy atom. The van der Waals surface area contributed by atoms with E-state index in [-0.39, 0.29) is 5.75 Å². The lowest BCUT2D eigenvalue weighted by Crippen LogP contribution is -2.16. The first kappa shape index (κ1) is 16.7. The van der Waals surface area contributed by atoms with Crippen LogP contribution in [0.5, 0.6) is 17.2 Å². The second kappa shape index (κ2) is 6.64. The van der Waals surface area contributed by atoms with Gasteiger partial charge in [0.2, 0.25) is 0 Å². The summed E-state index contributed by atoms with van der Waals surface area (Å²) >= 11 is 2.15. The molecule has 0 aliphatic heterocycles. The number of hydrogen-bond acceptors (Lipinski definition) is 3. The lowest BCUT2D eigenvalue weighted by atomic mass is 10.3. The van der Waals surface area contributed by atoms with Crippen LogP contribution in [-0.2, 0) is 0 Å². The summed E-state index contributed by atoms with van der Waals surface area (Å²) in [6, 6.07) is 11.0. The van der Waals surface area contributed by atoms with E-state index in [0.29, 0.717) is 11.5 Å². The van der Waals surface area contributed by atoms with Crippen LogP contribution in [0.3, 0.4) is 0 Å². The van der Waals surface area contributed by atoms with E-state index in [0.717, 1.165) is 9.26 Å². The van der Waals surface area contributed by atoms with E-state index in [1.165, 1.54) is 24.3 Å². The number of rotatable bonds is 4. The second-order valence-electron chi connectivity index (χ2n) is 4.63. The molecule has 0 aliphatic carbocycles. The highest BCUT2D eigenvalue weighted by atomic mass is 127. The molecule has 118 valence electrons. The van der Waals surface area contributed by atoms with E-state index in [1.807, 2.05) is 37.2 Å². The highest BCUT2D eigenvalue weighted by Crippen LogP contribution is 2.31. The fourth-order valence-corrected chi connectivity index (χ4v) is 2.30. The highest BCUT2D eigenvalue weighted by Gasteiger charge is 2.30. The summed E-state index contributed by atoms with van der Waals surface area (Å²) in [5.41, 5.74) is 1.03. The minimum absolute atomic E-state index is 0.280. The molecule has 0 atom stereocenters. The molecule has 0 bridgehead atoms. The smallest absolute Gasteiger partial charge is 0.456 e. The first-order chi connectivity index (χ1) is 10.2. The molecule has 7 heteroatoms. The zero-order valence-electron chi connectivity index (χ0n) is 11.8. The molecule has 2 aromatic rings. The van der Waals surface area contributed by atoms with E-state index >= 15 is 0 Å². The Morgan fingerprint density at radius 2 is 1.55 bits per heavy atom. The van der Waals surface area contributed by atoms with Crippen molar-refractivity contribution >= 4 is 28.3 Å². The van der Waals surface area contributed by atoms with Gasteiger partial charge in [-0.3, -0.25) is 0 Å². The van der Waals surface area contributed by atoms with Crippen molar-refractivity contribution in [3.63, 3.8) is 0 Å². The average Bonchev–Trinajstić information content (AvgIpc) is 2.41. The minimum Gasteiger partial charge on any atom is -0.456 e. The lowest BCUT2D eigenvalue weighted by Gasteiger charge is -2.15. The normalized spacial score (nSPS) is 11.2. The van der Waals surface area contributed by atoms with Gasteiger partial charge < -0.3 is 14.4 Å². The van der Waals surface area contributed by atoms with Gasteiger partial charge in [0.25, 0.3) is 0 Å². The standard InChI is InChI=1S/C15H13F3INO2/c1-20(2)10-3-8-14(13(19)9-10)21-11-4-6-12(7-5-11)22-15(16,17)18/h3-9H,1-2H3. The summed E-state index contributed by atoms with van der Waals surface area (Å²) < 4.78 is 46.6. The van der Waals surface area contributed by atoms with Crippen molar-refractivity contribution in [3.05, 3.63) is 46.0 Å². The van der Waals surface area contributed by atoms with Crippen LogP contribution in [0.1, 0.15) is 0 Å². The van der Waals surface area contributed by atoms with Crippen LogP contribution in [-0.4, -0.2) is 20.5 Å². The molecule has 22 heavy (non-hydrogen) atoms. The van der Waals surface area contributed by atoms with Crippen molar-refractivity contribution in [1.82, 2.24) is 0 Å². The summed E-state index contributed by atoms with van der Waals surface area (Å²) in [5.74, 6) is 0.790. The molecule has 2 aromatic carbocycles. The number of anilines is 1. The Bertz CT molecular complexity index is 642. The fraction of sp³-hybridized carbons (Fsp3) is 0.200. The molecule has 0 radical (unpaired) electrons. The van der Waals surface area contributed by atoms with Gasteiger partial charge in [-0.25, -0.2) is 0 Å². The molecule has 0 amide bonds. The first-order valence-corrected chi connectivity index (χ1v) is 7.33. The van der Waals surface area contributed by atoms with Crippen LogP contribution in [0, 0.1) is 3.57 Å².